The third kappa shape index (κ3) is 2.71. The van der Waals surface area contributed by atoms with Gasteiger partial charge >= 0.3 is 0 Å². The van der Waals surface area contributed by atoms with Crippen molar-refractivity contribution in [2.45, 2.75) is 31.4 Å². The summed E-state index contributed by atoms with van der Waals surface area (Å²) >= 11 is 1.97. The van der Waals surface area contributed by atoms with Crippen LogP contribution in [0.3, 0.4) is 0 Å². The lowest BCUT2D eigenvalue weighted by Gasteiger charge is -2.21. The highest BCUT2D eigenvalue weighted by atomic mass is 32.2. The van der Waals surface area contributed by atoms with Crippen molar-refractivity contribution in [3.05, 3.63) is 24.3 Å². The minimum absolute atomic E-state index is 0.724. The minimum atomic E-state index is 0.724. The largest absolute Gasteiger partial charge is 0.157 e. The van der Waals surface area contributed by atoms with Crippen LogP contribution in [0.2, 0.25) is 0 Å². The Balaban J connectivity index is 2.39. The Morgan fingerprint density at radius 2 is 2.00 bits per heavy atom. The molecule has 0 aromatic heterocycles. The second-order valence-corrected chi connectivity index (χ2v) is 4.29. The Bertz CT molecular complexity index is 170. The first-order valence-electron chi connectivity index (χ1n) is 4.76. The lowest BCUT2D eigenvalue weighted by atomic mass is 9.94. The molecule has 2 atom stereocenters. The van der Waals surface area contributed by atoms with E-state index in [0.717, 1.165) is 11.2 Å². The molecule has 0 radical (unpaired) electrons. The zero-order valence-corrected chi connectivity index (χ0v) is 8.81. The van der Waals surface area contributed by atoms with Gasteiger partial charge in [-0.25, -0.2) is 0 Å². The standard InChI is InChI=1S/C11H18S/c1-3-4-7-10-8-5-6-9-11(10)12-2/h5-6,8-11H,3-4,7H2,1-2H3. The third-order valence-electron chi connectivity index (χ3n) is 2.36. The number of thioether (sulfide) groups is 1. The van der Waals surface area contributed by atoms with E-state index < -0.39 is 0 Å². The Labute approximate surface area is 80.1 Å². The van der Waals surface area contributed by atoms with Gasteiger partial charge in [0.15, 0.2) is 0 Å². The summed E-state index contributed by atoms with van der Waals surface area (Å²) in [5.41, 5.74) is 0. The van der Waals surface area contributed by atoms with Gasteiger partial charge in [-0.05, 0) is 18.6 Å². The predicted octanol–water partition coefficient (Wildman–Crippen LogP) is 3.65. The van der Waals surface area contributed by atoms with Crippen LogP contribution in [-0.4, -0.2) is 11.5 Å². The quantitative estimate of drug-likeness (QED) is 0.639. The van der Waals surface area contributed by atoms with Crippen molar-refractivity contribution in [1.82, 2.24) is 0 Å². The summed E-state index contributed by atoms with van der Waals surface area (Å²) in [5, 5.41) is 0.724. The molecule has 0 fully saturated rings. The van der Waals surface area contributed by atoms with Crippen LogP contribution in [0.15, 0.2) is 24.3 Å². The second-order valence-electron chi connectivity index (χ2n) is 3.28. The predicted molar refractivity (Wildman–Crippen MR) is 58.6 cm³/mol. The van der Waals surface area contributed by atoms with E-state index in [0.29, 0.717) is 0 Å². The van der Waals surface area contributed by atoms with Crippen LogP contribution >= 0.6 is 11.8 Å². The molecule has 0 aliphatic heterocycles. The summed E-state index contributed by atoms with van der Waals surface area (Å²) in [6.45, 7) is 2.26. The Morgan fingerprint density at radius 3 is 2.67 bits per heavy atom. The molecule has 0 heterocycles. The molecule has 1 rings (SSSR count). The van der Waals surface area contributed by atoms with Crippen LogP contribution < -0.4 is 0 Å². The molecule has 1 heteroatoms. The van der Waals surface area contributed by atoms with Gasteiger partial charge in [0.2, 0.25) is 0 Å². The normalized spacial score (nSPS) is 27.8. The van der Waals surface area contributed by atoms with Gasteiger partial charge in [-0.1, -0.05) is 44.1 Å². The molecule has 0 saturated heterocycles. The van der Waals surface area contributed by atoms with E-state index in [1.165, 1.54) is 19.3 Å². The average molecular weight is 182 g/mol. The zero-order valence-electron chi connectivity index (χ0n) is 7.99. The van der Waals surface area contributed by atoms with Gasteiger partial charge < -0.3 is 0 Å². The lowest BCUT2D eigenvalue weighted by Crippen LogP contribution is -2.14. The molecule has 0 N–H and O–H groups in total. The van der Waals surface area contributed by atoms with E-state index in [-0.39, 0.29) is 0 Å². The first-order chi connectivity index (χ1) is 5.88. The van der Waals surface area contributed by atoms with Gasteiger partial charge in [0.25, 0.3) is 0 Å². The summed E-state index contributed by atoms with van der Waals surface area (Å²) in [6, 6.07) is 0. The maximum absolute atomic E-state index is 2.36. The summed E-state index contributed by atoms with van der Waals surface area (Å²) in [4.78, 5) is 0. The number of rotatable bonds is 4. The molecular weight excluding hydrogens is 164 g/mol. The first kappa shape index (κ1) is 9.91. The molecule has 0 spiro atoms. The smallest absolute Gasteiger partial charge is 0.0290 e. The van der Waals surface area contributed by atoms with E-state index in [1.54, 1.807) is 0 Å². The van der Waals surface area contributed by atoms with Crippen molar-refractivity contribution < 1.29 is 0 Å². The van der Waals surface area contributed by atoms with Gasteiger partial charge in [-0.2, -0.15) is 11.8 Å². The topological polar surface area (TPSA) is 0 Å². The molecule has 1 aliphatic carbocycles. The van der Waals surface area contributed by atoms with Gasteiger partial charge in [0.05, 0.1) is 0 Å². The molecule has 0 amide bonds. The number of unbranched alkanes of at least 4 members (excludes halogenated alkanes) is 1. The van der Waals surface area contributed by atoms with Crippen LogP contribution in [-0.2, 0) is 0 Å². The molecular formula is C11H18S. The highest BCUT2D eigenvalue weighted by Crippen LogP contribution is 2.27. The summed E-state index contributed by atoms with van der Waals surface area (Å²) < 4.78 is 0. The highest BCUT2D eigenvalue weighted by molar-refractivity contribution is 7.99. The summed E-state index contributed by atoms with van der Waals surface area (Å²) in [5.74, 6) is 0.782. The fourth-order valence-corrected chi connectivity index (χ4v) is 2.41. The molecule has 12 heavy (non-hydrogen) atoms. The van der Waals surface area contributed by atoms with Crippen molar-refractivity contribution in [2.24, 2.45) is 5.92 Å². The molecule has 0 bridgehead atoms. The van der Waals surface area contributed by atoms with Crippen molar-refractivity contribution in [3.63, 3.8) is 0 Å². The molecule has 0 saturated carbocycles. The fraction of sp³-hybridized carbons (Fsp3) is 0.636. The van der Waals surface area contributed by atoms with E-state index in [4.69, 9.17) is 0 Å². The first-order valence-corrected chi connectivity index (χ1v) is 6.05. The second kappa shape index (κ2) is 5.47. The summed E-state index contributed by atoms with van der Waals surface area (Å²) in [7, 11) is 0. The van der Waals surface area contributed by atoms with Crippen molar-refractivity contribution in [2.75, 3.05) is 6.26 Å². The molecule has 68 valence electrons. The fourth-order valence-electron chi connectivity index (χ4n) is 1.59. The third-order valence-corrected chi connectivity index (χ3v) is 3.41. The van der Waals surface area contributed by atoms with E-state index >= 15 is 0 Å². The summed E-state index contributed by atoms with van der Waals surface area (Å²) in [6.07, 6.45) is 15.3. The van der Waals surface area contributed by atoms with Crippen molar-refractivity contribution in [1.29, 1.82) is 0 Å². The Hall–Kier alpha value is -0.170. The van der Waals surface area contributed by atoms with Crippen molar-refractivity contribution >= 4 is 11.8 Å². The maximum atomic E-state index is 2.36. The van der Waals surface area contributed by atoms with Gasteiger partial charge in [0.1, 0.15) is 0 Å². The van der Waals surface area contributed by atoms with Gasteiger partial charge in [-0.3, -0.25) is 0 Å². The Kier molecular flexibility index (Phi) is 4.52. The SMILES string of the molecule is CCCCC1C=CC=CC1SC. The molecule has 2 unspecified atom stereocenters. The lowest BCUT2D eigenvalue weighted by molar-refractivity contribution is 0.567. The molecule has 1 aliphatic rings. The monoisotopic (exact) mass is 182 g/mol. The molecule has 0 aromatic rings. The molecule has 0 nitrogen and oxygen atoms in total. The minimum Gasteiger partial charge on any atom is -0.157 e. The van der Waals surface area contributed by atoms with Crippen LogP contribution in [0, 0.1) is 5.92 Å². The highest BCUT2D eigenvalue weighted by Gasteiger charge is 2.16. The van der Waals surface area contributed by atoms with Crippen LogP contribution in [0.4, 0.5) is 0 Å². The van der Waals surface area contributed by atoms with Crippen molar-refractivity contribution in [3.8, 4) is 0 Å². The van der Waals surface area contributed by atoms with Crippen LogP contribution in [0.25, 0.3) is 0 Å². The molecule has 0 aromatic carbocycles. The van der Waals surface area contributed by atoms with Crippen LogP contribution in [0.5, 0.6) is 0 Å². The number of hydrogen-bond acceptors (Lipinski definition) is 1. The number of allylic oxidation sites excluding steroid dienone is 3. The van der Waals surface area contributed by atoms with Gasteiger partial charge in [-0.15, -0.1) is 0 Å². The maximum Gasteiger partial charge on any atom is 0.0290 e. The van der Waals surface area contributed by atoms with E-state index in [2.05, 4.69) is 37.5 Å². The Morgan fingerprint density at radius 1 is 1.25 bits per heavy atom. The van der Waals surface area contributed by atoms with Gasteiger partial charge in [0, 0.05) is 5.25 Å². The average Bonchev–Trinajstić information content (AvgIpc) is 2.15. The van der Waals surface area contributed by atoms with E-state index in [1.807, 2.05) is 11.8 Å². The number of hydrogen-bond donors (Lipinski definition) is 0. The zero-order chi connectivity index (χ0) is 8.81. The van der Waals surface area contributed by atoms with Crippen LogP contribution in [0.1, 0.15) is 26.2 Å². The van der Waals surface area contributed by atoms with E-state index in [9.17, 15) is 0 Å².